The van der Waals surface area contributed by atoms with Crippen molar-refractivity contribution in [2.24, 2.45) is 0 Å². The topological polar surface area (TPSA) is 87.2 Å². The number of carbonyl (C=O) groups is 3. The van der Waals surface area contributed by atoms with Gasteiger partial charge in [0.25, 0.3) is 0 Å². The molecular formula is C12H22N2O5. The van der Waals surface area contributed by atoms with E-state index in [9.17, 15) is 19.5 Å². The maximum atomic E-state index is 11.9. The highest BCUT2D eigenvalue weighted by Crippen LogP contribution is 2.12. The summed E-state index contributed by atoms with van der Waals surface area (Å²) >= 11 is 0. The van der Waals surface area contributed by atoms with Gasteiger partial charge in [-0.05, 0) is 34.9 Å². The number of aldehydes is 1. The Balaban J connectivity index is 5.07. The third-order valence-corrected chi connectivity index (χ3v) is 2.10. The van der Waals surface area contributed by atoms with Crippen molar-refractivity contribution in [3.63, 3.8) is 0 Å². The summed E-state index contributed by atoms with van der Waals surface area (Å²) in [6.45, 7) is 4.80. The maximum absolute atomic E-state index is 11.9. The molecule has 110 valence electrons. The first kappa shape index (κ1) is 17.4. The summed E-state index contributed by atoms with van der Waals surface area (Å²) in [5.74, 6) is -1.18. The van der Waals surface area contributed by atoms with Crippen molar-refractivity contribution >= 4 is 18.3 Å². The largest absolute Gasteiger partial charge is 0.480 e. The average molecular weight is 274 g/mol. The standard InChI is InChI=1S/C12H22N2O5/c1-12(2,3)19-11(18)14(6-7-15)9(10(16)17)8-13(4)5/h7,9H,6,8H2,1-5H3,(H,16,17). The fourth-order valence-electron chi connectivity index (χ4n) is 1.39. The Morgan fingerprint density at radius 2 is 1.84 bits per heavy atom. The van der Waals surface area contributed by atoms with Gasteiger partial charge < -0.3 is 19.5 Å². The molecule has 0 bridgehead atoms. The summed E-state index contributed by atoms with van der Waals surface area (Å²) in [5, 5.41) is 9.17. The molecule has 0 aliphatic rings. The molecule has 0 fully saturated rings. The predicted octanol–water partition coefficient (Wildman–Crippen LogP) is 0.437. The second-order valence-electron chi connectivity index (χ2n) is 5.42. The van der Waals surface area contributed by atoms with Gasteiger partial charge in [0.15, 0.2) is 0 Å². The summed E-state index contributed by atoms with van der Waals surface area (Å²) in [6.07, 6.45) is -0.330. The van der Waals surface area contributed by atoms with E-state index >= 15 is 0 Å². The molecule has 7 heteroatoms. The Labute approximate surface area is 113 Å². The van der Waals surface area contributed by atoms with Crippen LogP contribution in [0.5, 0.6) is 0 Å². The summed E-state index contributed by atoms with van der Waals surface area (Å²) in [5.41, 5.74) is -0.751. The van der Waals surface area contributed by atoms with Gasteiger partial charge in [-0.15, -0.1) is 0 Å². The molecule has 0 radical (unpaired) electrons. The number of aliphatic carboxylic acids is 1. The van der Waals surface area contributed by atoms with E-state index in [1.807, 2.05) is 0 Å². The average Bonchev–Trinajstić information content (AvgIpc) is 2.19. The molecule has 0 heterocycles. The molecule has 0 aliphatic heterocycles. The van der Waals surface area contributed by atoms with Crippen LogP contribution in [0, 0.1) is 0 Å². The van der Waals surface area contributed by atoms with Crippen molar-refractivity contribution in [1.82, 2.24) is 9.80 Å². The van der Waals surface area contributed by atoms with Crippen LogP contribution in [0.25, 0.3) is 0 Å². The van der Waals surface area contributed by atoms with E-state index < -0.39 is 23.7 Å². The van der Waals surface area contributed by atoms with Gasteiger partial charge in [-0.1, -0.05) is 0 Å². The fourth-order valence-corrected chi connectivity index (χ4v) is 1.39. The minimum absolute atomic E-state index is 0.0996. The first-order chi connectivity index (χ1) is 8.58. The second-order valence-corrected chi connectivity index (χ2v) is 5.42. The number of carboxylic acid groups (broad SMARTS) is 1. The van der Waals surface area contributed by atoms with E-state index in [-0.39, 0.29) is 13.1 Å². The third kappa shape index (κ3) is 6.76. The zero-order chi connectivity index (χ0) is 15.2. The maximum Gasteiger partial charge on any atom is 0.411 e. The minimum Gasteiger partial charge on any atom is -0.480 e. The normalized spacial score (nSPS) is 12.9. The molecule has 1 amide bonds. The molecule has 1 N–H and O–H groups in total. The fraction of sp³-hybridized carbons (Fsp3) is 0.750. The van der Waals surface area contributed by atoms with Crippen LogP contribution in [0.1, 0.15) is 20.8 Å². The zero-order valence-corrected chi connectivity index (χ0v) is 12.0. The van der Waals surface area contributed by atoms with Crippen molar-refractivity contribution in [3.8, 4) is 0 Å². The second kappa shape index (κ2) is 7.08. The SMILES string of the molecule is CN(C)CC(C(=O)O)N(CC=O)C(=O)OC(C)(C)C. The van der Waals surface area contributed by atoms with Crippen LogP contribution in [0.2, 0.25) is 0 Å². The van der Waals surface area contributed by atoms with E-state index in [1.165, 1.54) is 0 Å². The van der Waals surface area contributed by atoms with Crippen LogP contribution in [-0.2, 0) is 14.3 Å². The van der Waals surface area contributed by atoms with Gasteiger partial charge >= 0.3 is 12.1 Å². The first-order valence-electron chi connectivity index (χ1n) is 5.89. The predicted molar refractivity (Wildman–Crippen MR) is 69.0 cm³/mol. The van der Waals surface area contributed by atoms with E-state index in [4.69, 9.17) is 4.74 Å². The highest BCUT2D eigenvalue weighted by molar-refractivity contribution is 5.82. The van der Waals surface area contributed by atoms with Gasteiger partial charge in [0.2, 0.25) is 0 Å². The van der Waals surface area contributed by atoms with Gasteiger partial charge in [0.1, 0.15) is 17.9 Å². The van der Waals surface area contributed by atoms with Crippen molar-refractivity contribution in [2.75, 3.05) is 27.2 Å². The number of carboxylic acids is 1. The van der Waals surface area contributed by atoms with Gasteiger partial charge in [-0.25, -0.2) is 9.59 Å². The van der Waals surface area contributed by atoms with Crippen LogP contribution >= 0.6 is 0 Å². The van der Waals surface area contributed by atoms with E-state index in [1.54, 1.807) is 39.8 Å². The molecule has 1 atom stereocenters. The minimum atomic E-state index is -1.18. The lowest BCUT2D eigenvalue weighted by Gasteiger charge is -2.31. The van der Waals surface area contributed by atoms with Gasteiger partial charge in [0.05, 0.1) is 6.54 Å². The number of ether oxygens (including phenoxy) is 1. The molecule has 0 aromatic carbocycles. The number of amides is 1. The monoisotopic (exact) mass is 274 g/mol. The van der Waals surface area contributed by atoms with Crippen LogP contribution in [0.15, 0.2) is 0 Å². The van der Waals surface area contributed by atoms with Crippen LogP contribution in [0.4, 0.5) is 4.79 Å². The summed E-state index contributed by atoms with van der Waals surface area (Å²) in [4.78, 5) is 36.4. The Kier molecular flexibility index (Phi) is 6.47. The number of rotatable bonds is 6. The van der Waals surface area contributed by atoms with Gasteiger partial charge in [0, 0.05) is 6.54 Å². The van der Waals surface area contributed by atoms with E-state index in [0.29, 0.717) is 6.29 Å². The lowest BCUT2D eigenvalue weighted by molar-refractivity contribution is -0.143. The van der Waals surface area contributed by atoms with E-state index in [2.05, 4.69) is 0 Å². The van der Waals surface area contributed by atoms with Crippen molar-refractivity contribution in [1.29, 1.82) is 0 Å². The number of nitrogens with zero attached hydrogens (tertiary/aromatic N) is 2. The molecule has 0 aliphatic carbocycles. The van der Waals surface area contributed by atoms with Crippen LogP contribution < -0.4 is 0 Å². The lowest BCUT2D eigenvalue weighted by atomic mass is 10.2. The number of likely N-dealkylation sites (N-methyl/N-ethyl adjacent to an activating group) is 1. The Bertz CT molecular complexity index is 336. The zero-order valence-electron chi connectivity index (χ0n) is 12.0. The van der Waals surface area contributed by atoms with Gasteiger partial charge in [-0.3, -0.25) is 4.90 Å². The molecule has 0 spiro atoms. The Morgan fingerprint density at radius 1 is 1.32 bits per heavy atom. The molecule has 0 saturated carbocycles. The summed E-state index contributed by atoms with van der Waals surface area (Å²) in [6, 6.07) is -1.13. The highest BCUT2D eigenvalue weighted by atomic mass is 16.6. The Hall–Kier alpha value is -1.63. The molecular weight excluding hydrogens is 252 g/mol. The first-order valence-corrected chi connectivity index (χ1v) is 5.89. The smallest absolute Gasteiger partial charge is 0.411 e. The molecule has 0 aromatic rings. The van der Waals surface area contributed by atoms with Crippen molar-refractivity contribution < 1.29 is 24.2 Å². The number of hydrogen-bond donors (Lipinski definition) is 1. The third-order valence-electron chi connectivity index (χ3n) is 2.10. The quantitative estimate of drug-likeness (QED) is 0.707. The number of carbonyl (C=O) groups excluding carboxylic acids is 2. The lowest BCUT2D eigenvalue weighted by Crippen LogP contribution is -2.52. The van der Waals surface area contributed by atoms with Crippen LogP contribution in [-0.4, -0.2) is 72.1 Å². The Morgan fingerprint density at radius 3 is 2.16 bits per heavy atom. The van der Waals surface area contributed by atoms with Gasteiger partial charge in [-0.2, -0.15) is 0 Å². The molecule has 0 saturated heterocycles. The molecule has 1 unspecified atom stereocenters. The molecule has 19 heavy (non-hydrogen) atoms. The highest BCUT2D eigenvalue weighted by Gasteiger charge is 2.32. The van der Waals surface area contributed by atoms with Crippen molar-refractivity contribution in [2.45, 2.75) is 32.4 Å². The van der Waals surface area contributed by atoms with Crippen LogP contribution in [0.3, 0.4) is 0 Å². The molecule has 0 aromatic heterocycles. The number of hydrogen-bond acceptors (Lipinski definition) is 5. The summed E-state index contributed by atoms with van der Waals surface area (Å²) in [7, 11) is 3.37. The summed E-state index contributed by atoms with van der Waals surface area (Å²) < 4.78 is 5.11. The molecule has 7 nitrogen and oxygen atoms in total. The van der Waals surface area contributed by atoms with Crippen molar-refractivity contribution in [3.05, 3.63) is 0 Å². The molecule has 0 rings (SSSR count). The van der Waals surface area contributed by atoms with E-state index in [0.717, 1.165) is 4.90 Å².